The first kappa shape index (κ1) is 19.0. The van der Waals surface area contributed by atoms with Crippen LogP contribution in [0.5, 0.6) is 0 Å². The fourth-order valence-corrected chi connectivity index (χ4v) is 4.95. The van der Waals surface area contributed by atoms with Crippen LogP contribution in [0.2, 0.25) is 0 Å². The van der Waals surface area contributed by atoms with Crippen molar-refractivity contribution >= 4 is 11.4 Å². The molecule has 0 heterocycles. The summed E-state index contributed by atoms with van der Waals surface area (Å²) >= 11 is 0. The monoisotopic (exact) mass is 376 g/mol. The Hall–Kier alpha value is -2.29. The van der Waals surface area contributed by atoms with Crippen molar-refractivity contribution in [1.29, 1.82) is 0 Å². The molecule has 0 aliphatic heterocycles. The van der Waals surface area contributed by atoms with Crippen LogP contribution in [0.4, 0.5) is 5.69 Å². The fraction of sp³-hybridized carbons (Fsp3) is 0.480. The van der Waals surface area contributed by atoms with Crippen molar-refractivity contribution in [3.8, 4) is 0 Å². The Morgan fingerprint density at radius 1 is 0.964 bits per heavy atom. The van der Waals surface area contributed by atoms with Crippen molar-refractivity contribution in [3.05, 3.63) is 65.2 Å². The van der Waals surface area contributed by atoms with Crippen molar-refractivity contribution in [2.24, 2.45) is 5.16 Å². The molecule has 0 spiro atoms. The third kappa shape index (κ3) is 3.67. The zero-order valence-corrected chi connectivity index (χ0v) is 17.2. The van der Waals surface area contributed by atoms with Crippen LogP contribution < -0.4 is 4.90 Å². The summed E-state index contributed by atoms with van der Waals surface area (Å²) in [6.45, 7) is 7.12. The Balaban J connectivity index is 1.62. The first-order valence-electron chi connectivity index (χ1n) is 10.9. The average Bonchev–Trinajstić information content (AvgIpc) is 2.71. The molecule has 2 aliphatic carbocycles. The molecule has 3 nitrogen and oxygen atoms in total. The van der Waals surface area contributed by atoms with Gasteiger partial charge in [0.15, 0.2) is 0 Å². The summed E-state index contributed by atoms with van der Waals surface area (Å²) in [6.07, 6.45) is 6.18. The van der Waals surface area contributed by atoms with Crippen LogP contribution in [-0.4, -0.2) is 18.8 Å². The molecule has 0 amide bonds. The second-order valence-electron chi connectivity index (χ2n) is 7.98. The molecule has 2 aliphatic rings. The molecule has 0 N–H and O–H groups in total. The normalized spacial score (nSPS) is 22.4. The molecule has 148 valence electrons. The van der Waals surface area contributed by atoms with Crippen molar-refractivity contribution in [2.45, 2.75) is 64.4 Å². The van der Waals surface area contributed by atoms with E-state index < -0.39 is 0 Å². The second kappa shape index (κ2) is 8.81. The Morgan fingerprint density at radius 2 is 1.79 bits per heavy atom. The van der Waals surface area contributed by atoms with Crippen LogP contribution in [-0.2, 0) is 11.4 Å². The van der Waals surface area contributed by atoms with Crippen molar-refractivity contribution in [1.82, 2.24) is 0 Å². The maximum Gasteiger partial charge on any atom is 0.142 e. The fourth-order valence-electron chi connectivity index (χ4n) is 4.95. The lowest BCUT2D eigenvalue weighted by atomic mass is 9.61. The van der Waals surface area contributed by atoms with E-state index in [9.17, 15) is 0 Å². The van der Waals surface area contributed by atoms with E-state index in [0.717, 1.165) is 19.5 Å². The van der Waals surface area contributed by atoms with Gasteiger partial charge in [-0.25, -0.2) is 0 Å². The maximum absolute atomic E-state index is 5.85. The lowest BCUT2D eigenvalue weighted by Crippen LogP contribution is -2.35. The van der Waals surface area contributed by atoms with Crippen LogP contribution in [0.25, 0.3) is 0 Å². The molecule has 0 radical (unpaired) electrons. The molecule has 2 aromatic carbocycles. The number of hydrogen-bond acceptors (Lipinski definition) is 3. The van der Waals surface area contributed by atoms with Gasteiger partial charge >= 0.3 is 0 Å². The van der Waals surface area contributed by atoms with Gasteiger partial charge in [-0.05, 0) is 61.8 Å². The van der Waals surface area contributed by atoms with E-state index in [4.69, 9.17) is 9.99 Å². The number of benzene rings is 2. The smallest absolute Gasteiger partial charge is 0.142 e. The molecular weight excluding hydrogens is 344 g/mol. The molecule has 4 rings (SSSR count). The quantitative estimate of drug-likeness (QED) is 0.557. The van der Waals surface area contributed by atoms with Crippen molar-refractivity contribution < 1.29 is 4.84 Å². The van der Waals surface area contributed by atoms with Gasteiger partial charge in [0.2, 0.25) is 0 Å². The molecule has 2 aromatic rings. The van der Waals surface area contributed by atoms with Gasteiger partial charge in [-0.15, -0.1) is 0 Å². The Labute approximate surface area is 169 Å². The van der Waals surface area contributed by atoms with Gasteiger partial charge in [-0.2, -0.15) is 0 Å². The number of fused-ring (bicyclic) bond motifs is 4. The van der Waals surface area contributed by atoms with Crippen molar-refractivity contribution in [2.75, 3.05) is 18.0 Å². The SMILES string of the molecule is CCN(CC)c1cccc2c1C1/C(=N/OCc3ccccc3)CCCCCC21. The number of anilines is 1. The molecule has 28 heavy (non-hydrogen) atoms. The van der Waals surface area contributed by atoms with Gasteiger partial charge in [0.05, 0.1) is 5.71 Å². The van der Waals surface area contributed by atoms with E-state index in [0.29, 0.717) is 18.4 Å². The first-order valence-corrected chi connectivity index (χ1v) is 10.9. The summed E-state index contributed by atoms with van der Waals surface area (Å²) in [5.74, 6) is 1.05. The molecule has 2 atom stereocenters. The second-order valence-corrected chi connectivity index (χ2v) is 7.98. The minimum Gasteiger partial charge on any atom is -0.391 e. The summed E-state index contributed by atoms with van der Waals surface area (Å²) in [6, 6.07) is 17.2. The number of hydrogen-bond donors (Lipinski definition) is 0. The lowest BCUT2D eigenvalue weighted by molar-refractivity contribution is 0.128. The molecular formula is C25H32N2O. The summed E-state index contributed by atoms with van der Waals surface area (Å²) < 4.78 is 0. The van der Waals surface area contributed by atoms with Gasteiger partial charge in [0.25, 0.3) is 0 Å². The highest BCUT2D eigenvalue weighted by Gasteiger charge is 2.43. The zero-order valence-electron chi connectivity index (χ0n) is 17.2. The minimum atomic E-state index is 0.433. The summed E-state index contributed by atoms with van der Waals surface area (Å²) in [5, 5.41) is 4.71. The van der Waals surface area contributed by atoms with E-state index in [1.165, 1.54) is 48.2 Å². The Bertz CT molecular complexity index is 811. The van der Waals surface area contributed by atoms with Gasteiger partial charge < -0.3 is 9.74 Å². The molecule has 2 unspecified atom stereocenters. The molecule has 0 aromatic heterocycles. The predicted octanol–water partition coefficient (Wildman–Crippen LogP) is 6.25. The van der Waals surface area contributed by atoms with E-state index in [2.05, 4.69) is 61.2 Å². The van der Waals surface area contributed by atoms with Gasteiger partial charge in [-0.3, -0.25) is 0 Å². The lowest BCUT2D eigenvalue weighted by Gasteiger charge is -2.44. The van der Waals surface area contributed by atoms with Crippen LogP contribution in [0.15, 0.2) is 53.7 Å². The summed E-state index contributed by atoms with van der Waals surface area (Å²) in [4.78, 5) is 8.33. The molecule has 3 heteroatoms. The number of rotatable bonds is 6. The largest absolute Gasteiger partial charge is 0.391 e. The van der Waals surface area contributed by atoms with E-state index in [1.807, 2.05) is 6.07 Å². The summed E-state index contributed by atoms with van der Waals surface area (Å²) in [7, 11) is 0. The minimum absolute atomic E-state index is 0.433. The van der Waals surface area contributed by atoms with Crippen LogP contribution >= 0.6 is 0 Å². The van der Waals surface area contributed by atoms with E-state index >= 15 is 0 Å². The standard InChI is InChI=1S/C25H32N2O/c1-3-27(4-2)23-17-11-15-21-20-14-9-6-10-16-22(24(20)25(21)23)26-28-18-19-12-7-5-8-13-19/h5,7-8,11-13,15,17,20,24H,3-4,6,9-10,14,16,18H2,1-2H3/b26-22+. The van der Waals surface area contributed by atoms with E-state index in [-0.39, 0.29) is 0 Å². The zero-order chi connectivity index (χ0) is 19.3. The van der Waals surface area contributed by atoms with Crippen LogP contribution in [0.1, 0.15) is 74.5 Å². The topological polar surface area (TPSA) is 24.8 Å². The molecule has 0 bridgehead atoms. The van der Waals surface area contributed by atoms with Gasteiger partial charge in [0.1, 0.15) is 6.61 Å². The summed E-state index contributed by atoms with van der Waals surface area (Å²) in [5.41, 5.74) is 6.90. The highest BCUT2D eigenvalue weighted by molar-refractivity contribution is 5.96. The first-order chi connectivity index (χ1) is 13.8. The molecule has 0 saturated heterocycles. The van der Waals surface area contributed by atoms with Gasteiger partial charge in [-0.1, -0.05) is 60.5 Å². The number of oxime groups is 1. The van der Waals surface area contributed by atoms with Crippen LogP contribution in [0.3, 0.4) is 0 Å². The highest BCUT2D eigenvalue weighted by atomic mass is 16.6. The third-order valence-electron chi connectivity index (χ3n) is 6.40. The van der Waals surface area contributed by atoms with Crippen LogP contribution in [0, 0.1) is 0 Å². The third-order valence-corrected chi connectivity index (χ3v) is 6.40. The maximum atomic E-state index is 5.85. The van der Waals surface area contributed by atoms with Crippen molar-refractivity contribution in [3.63, 3.8) is 0 Å². The molecule has 1 fully saturated rings. The van der Waals surface area contributed by atoms with Gasteiger partial charge in [0, 0.05) is 24.7 Å². The predicted molar refractivity (Wildman–Crippen MR) is 117 cm³/mol. The average molecular weight is 377 g/mol. The highest BCUT2D eigenvalue weighted by Crippen LogP contribution is 2.55. The molecule has 1 saturated carbocycles. The van der Waals surface area contributed by atoms with E-state index in [1.54, 1.807) is 5.56 Å². The Morgan fingerprint density at radius 3 is 2.57 bits per heavy atom. The number of nitrogens with zero attached hydrogens (tertiary/aromatic N) is 2. The Kier molecular flexibility index (Phi) is 5.99.